The van der Waals surface area contributed by atoms with Crippen LogP contribution in [0.25, 0.3) is 0 Å². The van der Waals surface area contributed by atoms with Crippen LogP contribution < -0.4 is 0 Å². The molecule has 0 aromatic carbocycles. The van der Waals surface area contributed by atoms with E-state index >= 15 is 0 Å². The van der Waals surface area contributed by atoms with Gasteiger partial charge < -0.3 is 15.3 Å². The zero-order valence-corrected chi connectivity index (χ0v) is 15.6. The summed E-state index contributed by atoms with van der Waals surface area (Å²) in [4.78, 5) is 0. The molecular weight excluding hydrogens is 300 g/mol. The molecule has 0 bridgehead atoms. The van der Waals surface area contributed by atoms with Crippen molar-refractivity contribution in [2.24, 2.45) is 40.4 Å². The van der Waals surface area contributed by atoms with E-state index in [1.165, 1.54) is 19.3 Å². The highest BCUT2D eigenvalue weighted by molar-refractivity contribution is 5.11. The monoisotopic (exact) mass is 336 g/mol. The van der Waals surface area contributed by atoms with Gasteiger partial charge in [0.25, 0.3) is 0 Å². The van der Waals surface area contributed by atoms with Gasteiger partial charge in [0.05, 0.1) is 18.3 Å². The summed E-state index contributed by atoms with van der Waals surface area (Å²) in [5.41, 5.74) is 0.457. The Balaban J connectivity index is 1.64. The van der Waals surface area contributed by atoms with Crippen molar-refractivity contribution >= 4 is 0 Å². The molecule has 3 nitrogen and oxygen atoms in total. The molecule has 0 spiro atoms. The Kier molecular flexibility index (Phi) is 4.10. The number of aliphatic hydroxyl groups is 3. The lowest BCUT2D eigenvalue weighted by atomic mass is 9.44. The lowest BCUT2D eigenvalue weighted by Crippen LogP contribution is -2.58. The second kappa shape index (κ2) is 5.69. The number of fused-ring (bicyclic) bond motifs is 5. The molecule has 0 amide bonds. The molecule has 0 saturated heterocycles. The SMILES string of the molecule is CC(O)[C@H]1CC[C@H]2[C@@H]3CC(O)[C@H]4CC(O)CC[C@]4(C)[C@H]3CC[C@]12C. The average molecular weight is 337 g/mol. The molecule has 0 aromatic rings. The van der Waals surface area contributed by atoms with Gasteiger partial charge in [-0.3, -0.25) is 0 Å². The average Bonchev–Trinajstić information content (AvgIpc) is 2.87. The Labute approximate surface area is 146 Å². The third-order valence-corrected chi connectivity index (χ3v) is 9.31. The third kappa shape index (κ3) is 2.27. The highest BCUT2D eigenvalue weighted by Gasteiger charge is 2.62. The summed E-state index contributed by atoms with van der Waals surface area (Å²) in [5, 5.41) is 31.4. The van der Waals surface area contributed by atoms with Gasteiger partial charge >= 0.3 is 0 Å². The molecule has 0 aliphatic heterocycles. The van der Waals surface area contributed by atoms with Crippen molar-refractivity contribution in [2.75, 3.05) is 0 Å². The van der Waals surface area contributed by atoms with Crippen LogP contribution in [0.3, 0.4) is 0 Å². The standard InChI is InChI=1S/C21H36O3/c1-12(22)15-4-5-16-14-11-19(24)18-10-13(23)6-8-21(18,3)17(14)7-9-20(15,16)2/h12-19,22-24H,4-11H2,1-3H3/t12?,13?,14-,15+,16-,17-,18+,19?,20+,21+/m0/s1. The lowest BCUT2D eigenvalue weighted by Gasteiger charge is -2.62. The lowest BCUT2D eigenvalue weighted by molar-refractivity contribution is -0.173. The van der Waals surface area contributed by atoms with E-state index in [9.17, 15) is 15.3 Å². The second-order valence-corrected chi connectivity index (χ2v) is 10.2. The fourth-order valence-corrected chi connectivity index (χ4v) is 8.11. The van der Waals surface area contributed by atoms with Gasteiger partial charge in [-0.15, -0.1) is 0 Å². The Hall–Kier alpha value is -0.120. The fraction of sp³-hybridized carbons (Fsp3) is 1.00. The minimum Gasteiger partial charge on any atom is -0.393 e. The van der Waals surface area contributed by atoms with E-state index in [-0.39, 0.29) is 35.1 Å². The first-order chi connectivity index (χ1) is 11.3. The molecule has 0 radical (unpaired) electrons. The van der Waals surface area contributed by atoms with Gasteiger partial charge in [0.15, 0.2) is 0 Å². The van der Waals surface area contributed by atoms with Gasteiger partial charge in [-0.1, -0.05) is 13.8 Å². The van der Waals surface area contributed by atoms with Crippen LogP contribution in [0.5, 0.6) is 0 Å². The predicted molar refractivity (Wildman–Crippen MR) is 94.3 cm³/mol. The quantitative estimate of drug-likeness (QED) is 0.688. The highest BCUT2D eigenvalue weighted by Crippen LogP contribution is 2.67. The zero-order chi connectivity index (χ0) is 17.3. The first kappa shape index (κ1) is 17.3. The first-order valence-electron chi connectivity index (χ1n) is 10.3. The summed E-state index contributed by atoms with van der Waals surface area (Å²) in [6, 6.07) is 0. The van der Waals surface area contributed by atoms with Crippen LogP contribution in [0.4, 0.5) is 0 Å². The molecule has 4 saturated carbocycles. The zero-order valence-electron chi connectivity index (χ0n) is 15.6. The Morgan fingerprint density at radius 1 is 0.833 bits per heavy atom. The number of aliphatic hydroxyl groups excluding tert-OH is 3. The summed E-state index contributed by atoms with van der Waals surface area (Å²) < 4.78 is 0. The summed E-state index contributed by atoms with van der Waals surface area (Å²) in [7, 11) is 0. The van der Waals surface area contributed by atoms with Crippen molar-refractivity contribution in [1.29, 1.82) is 0 Å². The van der Waals surface area contributed by atoms with Crippen LogP contribution in [0, 0.1) is 40.4 Å². The third-order valence-electron chi connectivity index (χ3n) is 9.31. The van der Waals surface area contributed by atoms with Gasteiger partial charge in [0, 0.05) is 0 Å². The summed E-state index contributed by atoms with van der Waals surface area (Å²) in [5.74, 6) is 2.68. The molecule has 0 heterocycles. The minimum absolute atomic E-state index is 0.200. The summed E-state index contributed by atoms with van der Waals surface area (Å²) >= 11 is 0. The molecule has 4 aliphatic rings. The van der Waals surface area contributed by atoms with Crippen molar-refractivity contribution in [3.8, 4) is 0 Å². The van der Waals surface area contributed by atoms with Crippen molar-refractivity contribution in [1.82, 2.24) is 0 Å². The van der Waals surface area contributed by atoms with Crippen molar-refractivity contribution in [3.05, 3.63) is 0 Å². The fourth-order valence-electron chi connectivity index (χ4n) is 8.11. The molecule has 4 rings (SSSR count). The van der Waals surface area contributed by atoms with Crippen molar-refractivity contribution in [3.63, 3.8) is 0 Å². The molecule has 3 heteroatoms. The molecule has 3 unspecified atom stereocenters. The Morgan fingerprint density at radius 3 is 2.21 bits per heavy atom. The molecule has 10 atom stereocenters. The van der Waals surface area contributed by atoms with Gasteiger partial charge in [0.2, 0.25) is 0 Å². The Bertz CT molecular complexity index is 491. The van der Waals surface area contributed by atoms with Crippen LogP contribution in [0.1, 0.15) is 72.1 Å². The Morgan fingerprint density at radius 2 is 1.50 bits per heavy atom. The molecule has 24 heavy (non-hydrogen) atoms. The first-order valence-corrected chi connectivity index (χ1v) is 10.3. The maximum absolute atomic E-state index is 10.9. The molecular formula is C21H36O3. The topological polar surface area (TPSA) is 60.7 Å². The van der Waals surface area contributed by atoms with Gasteiger partial charge in [-0.25, -0.2) is 0 Å². The van der Waals surface area contributed by atoms with E-state index in [0.29, 0.717) is 23.7 Å². The van der Waals surface area contributed by atoms with E-state index in [1.807, 2.05) is 6.92 Å². The van der Waals surface area contributed by atoms with Gasteiger partial charge in [0.1, 0.15) is 0 Å². The highest BCUT2D eigenvalue weighted by atomic mass is 16.3. The van der Waals surface area contributed by atoms with E-state index in [4.69, 9.17) is 0 Å². The van der Waals surface area contributed by atoms with Crippen LogP contribution in [0.15, 0.2) is 0 Å². The number of rotatable bonds is 1. The summed E-state index contributed by atoms with van der Waals surface area (Å²) in [6.07, 6.45) is 7.86. The van der Waals surface area contributed by atoms with Crippen LogP contribution in [-0.4, -0.2) is 33.6 Å². The van der Waals surface area contributed by atoms with Crippen molar-refractivity contribution in [2.45, 2.75) is 90.4 Å². The maximum atomic E-state index is 10.9. The molecule has 3 N–H and O–H groups in total. The smallest absolute Gasteiger partial charge is 0.0577 e. The van der Waals surface area contributed by atoms with Gasteiger partial charge in [-0.05, 0) is 98.7 Å². The minimum atomic E-state index is -0.251. The predicted octanol–water partition coefficient (Wildman–Crippen LogP) is 3.36. The second-order valence-electron chi connectivity index (χ2n) is 10.2. The normalized spacial score (nSPS) is 58.5. The van der Waals surface area contributed by atoms with E-state index in [1.54, 1.807) is 0 Å². The van der Waals surface area contributed by atoms with Gasteiger partial charge in [-0.2, -0.15) is 0 Å². The van der Waals surface area contributed by atoms with E-state index in [2.05, 4.69) is 13.8 Å². The summed E-state index contributed by atoms with van der Waals surface area (Å²) in [6.45, 7) is 6.80. The van der Waals surface area contributed by atoms with Crippen molar-refractivity contribution < 1.29 is 15.3 Å². The number of hydrogen-bond donors (Lipinski definition) is 3. The number of hydrogen-bond acceptors (Lipinski definition) is 3. The molecule has 4 fully saturated rings. The largest absolute Gasteiger partial charge is 0.393 e. The van der Waals surface area contributed by atoms with Crippen LogP contribution in [0.2, 0.25) is 0 Å². The van der Waals surface area contributed by atoms with Crippen LogP contribution in [-0.2, 0) is 0 Å². The molecule has 4 aliphatic carbocycles. The maximum Gasteiger partial charge on any atom is 0.0577 e. The van der Waals surface area contributed by atoms with E-state index in [0.717, 1.165) is 32.1 Å². The molecule has 138 valence electrons. The van der Waals surface area contributed by atoms with E-state index < -0.39 is 0 Å². The molecule has 0 aromatic heterocycles. The van der Waals surface area contributed by atoms with Crippen LogP contribution >= 0.6 is 0 Å².